The summed E-state index contributed by atoms with van der Waals surface area (Å²) in [4.78, 5) is 24.5. The summed E-state index contributed by atoms with van der Waals surface area (Å²) in [6.45, 7) is 3.62. The third kappa shape index (κ3) is 4.18. The van der Waals surface area contributed by atoms with Gasteiger partial charge in [0, 0.05) is 26.1 Å². The molecule has 0 radical (unpaired) electrons. The third-order valence-electron chi connectivity index (χ3n) is 2.76. The third-order valence-corrected chi connectivity index (χ3v) is 2.76. The zero-order chi connectivity index (χ0) is 12.0. The summed E-state index contributed by atoms with van der Waals surface area (Å²) in [6.07, 6.45) is 2.69. The van der Waals surface area contributed by atoms with Crippen LogP contribution in [0.5, 0.6) is 0 Å². The molecule has 1 aliphatic rings. The lowest BCUT2D eigenvalue weighted by atomic mass is 10.1. The number of likely N-dealkylation sites (N-methyl/N-ethyl adjacent to an activating group) is 2. The van der Waals surface area contributed by atoms with Gasteiger partial charge in [-0.15, -0.1) is 0 Å². The highest BCUT2D eigenvalue weighted by molar-refractivity contribution is 5.84. The van der Waals surface area contributed by atoms with Crippen LogP contribution in [0.1, 0.15) is 26.2 Å². The largest absolute Gasteiger partial charge is 0.355 e. The zero-order valence-electron chi connectivity index (χ0n) is 10.1. The van der Waals surface area contributed by atoms with Gasteiger partial charge in [-0.05, 0) is 26.3 Å². The van der Waals surface area contributed by atoms with Gasteiger partial charge < -0.3 is 15.5 Å². The van der Waals surface area contributed by atoms with Crippen LogP contribution in [-0.2, 0) is 9.59 Å². The summed E-state index contributed by atoms with van der Waals surface area (Å²) >= 11 is 0. The molecule has 1 aliphatic heterocycles. The highest BCUT2D eigenvalue weighted by atomic mass is 16.2. The number of carbonyl (C=O) groups excluding carboxylic acids is 2. The summed E-state index contributed by atoms with van der Waals surface area (Å²) in [6, 6.07) is 0.296. The molecular weight excluding hydrogens is 206 g/mol. The Morgan fingerprint density at radius 1 is 1.50 bits per heavy atom. The Balaban J connectivity index is 2.26. The Kier molecular flexibility index (Phi) is 5.25. The molecule has 0 aromatic rings. The van der Waals surface area contributed by atoms with E-state index < -0.39 is 0 Å². The maximum absolute atomic E-state index is 11.7. The van der Waals surface area contributed by atoms with Gasteiger partial charge in [0.2, 0.25) is 11.8 Å². The molecule has 1 saturated heterocycles. The van der Waals surface area contributed by atoms with E-state index in [-0.39, 0.29) is 18.4 Å². The fourth-order valence-corrected chi connectivity index (χ4v) is 1.85. The van der Waals surface area contributed by atoms with Crippen LogP contribution in [0.4, 0.5) is 0 Å². The highest BCUT2D eigenvalue weighted by Gasteiger charge is 2.20. The van der Waals surface area contributed by atoms with Crippen molar-refractivity contribution in [2.75, 3.05) is 26.7 Å². The molecule has 1 fully saturated rings. The Morgan fingerprint density at radius 3 is 2.81 bits per heavy atom. The summed E-state index contributed by atoms with van der Waals surface area (Å²) in [7, 11) is 1.67. The summed E-state index contributed by atoms with van der Waals surface area (Å²) in [5.74, 6) is -0.0663. The molecule has 2 amide bonds. The van der Waals surface area contributed by atoms with Gasteiger partial charge in [-0.25, -0.2) is 0 Å². The quantitative estimate of drug-likeness (QED) is 0.679. The molecule has 0 spiro atoms. The minimum absolute atomic E-state index is 0.0330. The Morgan fingerprint density at radius 2 is 2.25 bits per heavy atom. The number of nitrogens with zero attached hydrogens (tertiary/aromatic N) is 1. The molecular formula is C11H21N3O2. The molecule has 5 nitrogen and oxygen atoms in total. The van der Waals surface area contributed by atoms with Crippen molar-refractivity contribution in [3.63, 3.8) is 0 Å². The minimum Gasteiger partial charge on any atom is -0.355 e. The SMILES string of the molecule is CCNC(=O)CN(C)C(=O)CC1CCCN1. The first-order chi connectivity index (χ1) is 7.63. The van der Waals surface area contributed by atoms with Crippen molar-refractivity contribution in [1.29, 1.82) is 0 Å². The lowest BCUT2D eigenvalue weighted by molar-refractivity contribution is -0.135. The van der Waals surface area contributed by atoms with Gasteiger partial charge in [-0.2, -0.15) is 0 Å². The first kappa shape index (κ1) is 13.0. The van der Waals surface area contributed by atoms with Crippen LogP contribution in [0.25, 0.3) is 0 Å². The van der Waals surface area contributed by atoms with Gasteiger partial charge in [-0.3, -0.25) is 9.59 Å². The van der Waals surface area contributed by atoms with Crippen molar-refractivity contribution < 1.29 is 9.59 Å². The average Bonchev–Trinajstić information content (AvgIpc) is 2.70. The second-order valence-electron chi connectivity index (χ2n) is 4.20. The molecule has 0 saturated carbocycles. The van der Waals surface area contributed by atoms with Gasteiger partial charge in [0.05, 0.1) is 6.54 Å². The first-order valence-corrected chi connectivity index (χ1v) is 5.87. The van der Waals surface area contributed by atoms with E-state index >= 15 is 0 Å². The molecule has 16 heavy (non-hydrogen) atoms. The van der Waals surface area contributed by atoms with Crippen molar-refractivity contribution in [2.45, 2.75) is 32.2 Å². The number of hydrogen-bond donors (Lipinski definition) is 2. The Bertz CT molecular complexity index is 250. The van der Waals surface area contributed by atoms with E-state index in [1.165, 1.54) is 4.90 Å². The lowest BCUT2D eigenvalue weighted by Crippen LogP contribution is -2.40. The van der Waals surface area contributed by atoms with Gasteiger partial charge in [0.15, 0.2) is 0 Å². The average molecular weight is 227 g/mol. The van der Waals surface area contributed by atoms with Gasteiger partial charge in [0.1, 0.15) is 0 Å². The summed E-state index contributed by atoms with van der Waals surface area (Å²) in [5, 5.41) is 5.95. The van der Waals surface area contributed by atoms with Crippen LogP contribution in [-0.4, -0.2) is 49.4 Å². The van der Waals surface area contributed by atoms with Crippen LogP contribution in [0, 0.1) is 0 Å². The van der Waals surface area contributed by atoms with Gasteiger partial charge in [0.25, 0.3) is 0 Å². The maximum Gasteiger partial charge on any atom is 0.239 e. The zero-order valence-corrected chi connectivity index (χ0v) is 10.1. The molecule has 1 heterocycles. The van der Waals surface area contributed by atoms with Crippen LogP contribution in [0.15, 0.2) is 0 Å². The van der Waals surface area contributed by atoms with Crippen molar-refractivity contribution in [2.24, 2.45) is 0 Å². The molecule has 0 aromatic carbocycles. The van der Waals surface area contributed by atoms with Crippen LogP contribution in [0.3, 0.4) is 0 Å². The monoisotopic (exact) mass is 227 g/mol. The van der Waals surface area contributed by atoms with Crippen LogP contribution in [0.2, 0.25) is 0 Å². The first-order valence-electron chi connectivity index (χ1n) is 5.87. The molecule has 1 unspecified atom stereocenters. The second kappa shape index (κ2) is 6.48. The molecule has 2 N–H and O–H groups in total. The second-order valence-corrected chi connectivity index (χ2v) is 4.20. The Hall–Kier alpha value is -1.10. The molecule has 0 aromatic heterocycles. The van der Waals surface area contributed by atoms with Crippen molar-refractivity contribution in [1.82, 2.24) is 15.5 Å². The number of carbonyl (C=O) groups is 2. The molecule has 0 aliphatic carbocycles. The Labute approximate surface area is 96.6 Å². The van der Waals surface area contributed by atoms with Crippen molar-refractivity contribution >= 4 is 11.8 Å². The summed E-state index contributed by atoms with van der Waals surface area (Å²) < 4.78 is 0. The lowest BCUT2D eigenvalue weighted by Gasteiger charge is -2.18. The van der Waals surface area contributed by atoms with Crippen LogP contribution >= 0.6 is 0 Å². The van der Waals surface area contributed by atoms with E-state index in [9.17, 15) is 9.59 Å². The summed E-state index contributed by atoms with van der Waals surface area (Å²) in [5.41, 5.74) is 0. The predicted molar refractivity (Wildman–Crippen MR) is 62.0 cm³/mol. The van der Waals surface area contributed by atoms with E-state index in [1.807, 2.05) is 6.92 Å². The van der Waals surface area contributed by atoms with E-state index in [0.717, 1.165) is 19.4 Å². The number of hydrogen-bond acceptors (Lipinski definition) is 3. The van der Waals surface area contributed by atoms with Crippen molar-refractivity contribution in [3.05, 3.63) is 0 Å². The van der Waals surface area contributed by atoms with Gasteiger partial charge in [-0.1, -0.05) is 0 Å². The molecule has 92 valence electrons. The smallest absolute Gasteiger partial charge is 0.239 e. The van der Waals surface area contributed by atoms with E-state index in [1.54, 1.807) is 7.05 Å². The van der Waals surface area contributed by atoms with Crippen LogP contribution < -0.4 is 10.6 Å². The number of amides is 2. The highest BCUT2D eigenvalue weighted by Crippen LogP contribution is 2.09. The standard InChI is InChI=1S/C11H21N3O2/c1-3-12-10(15)8-14(2)11(16)7-9-5-4-6-13-9/h9,13H,3-8H2,1-2H3,(H,12,15). The molecule has 0 bridgehead atoms. The van der Waals surface area contributed by atoms with E-state index in [4.69, 9.17) is 0 Å². The van der Waals surface area contributed by atoms with E-state index in [0.29, 0.717) is 19.0 Å². The normalized spacial score (nSPS) is 19.5. The number of nitrogens with one attached hydrogen (secondary N) is 2. The minimum atomic E-state index is -0.0993. The predicted octanol–water partition coefficient (Wildman–Crippen LogP) is -0.277. The van der Waals surface area contributed by atoms with Gasteiger partial charge >= 0.3 is 0 Å². The molecule has 5 heteroatoms. The molecule has 1 atom stereocenters. The van der Waals surface area contributed by atoms with E-state index in [2.05, 4.69) is 10.6 Å². The maximum atomic E-state index is 11.7. The van der Waals surface area contributed by atoms with Crippen molar-refractivity contribution in [3.8, 4) is 0 Å². The topological polar surface area (TPSA) is 61.4 Å². The number of rotatable bonds is 5. The molecule has 1 rings (SSSR count). The fourth-order valence-electron chi connectivity index (χ4n) is 1.85. The fraction of sp³-hybridized carbons (Fsp3) is 0.818.